The van der Waals surface area contributed by atoms with Crippen molar-refractivity contribution in [3.8, 4) is 0 Å². The van der Waals surface area contributed by atoms with Gasteiger partial charge in [-0.3, -0.25) is 9.59 Å². The van der Waals surface area contributed by atoms with Crippen molar-refractivity contribution in [3.05, 3.63) is 0 Å². The zero-order valence-corrected chi connectivity index (χ0v) is 6.54. The number of carboxylic acids is 1. The van der Waals surface area contributed by atoms with Crippen LogP contribution in [0, 0.1) is 11.8 Å². The highest BCUT2D eigenvalue weighted by atomic mass is 16.4. The number of Topliss-reactive ketones (excluding diaryl/α,β-unsaturated/α-hetero) is 1. The molecule has 0 aromatic rings. The summed E-state index contributed by atoms with van der Waals surface area (Å²) in [7, 11) is 0. The number of carboxylic acid groups (broad SMARTS) is 1. The smallest absolute Gasteiger partial charge is 0.306 e. The Bertz CT molecular complexity index is 186. The van der Waals surface area contributed by atoms with Gasteiger partial charge >= 0.3 is 5.97 Å². The Kier molecular flexibility index (Phi) is 2.27. The lowest BCUT2D eigenvalue weighted by Gasteiger charge is -2.23. The van der Waals surface area contributed by atoms with Gasteiger partial charge in [-0.1, -0.05) is 6.92 Å². The monoisotopic (exact) mass is 156 g/mol. The fourth-order valence-corrected chi connectivity index (χ4v) is 1.57. The molecular weight excluding hydrogens is 144 g/mol. The highest BCUT2D eigenvalue weighted by Gasteiger charge is 2.30. The zero-order valence-electron chi connectivity index (χ0n) is 6.54. The molecule has 1 saturated carbocycles. The molecule has 0 aromatic carbocycles. The van der Waals surface area contributed by atoms with Gasteiger partial charge in [-0.15, -0.1) is 0 Å². The summed E-state index contributed by atoms with van der Waals surface area (Å²) in [6.45, 7) is 1.83. The molecule has 3 heteroatoms. The van der Waals surface area contributed by atoms with Crippen molar-refractivity contribution in [2.24, 2.45) is 11.8 Å². The molecule has 0 aliphatic heterocycles. The molecule has 1 rings (SSSR count). The minimum absolute atomic E-state index is 0.0220. The number of carbonyl (C=O) groups excluding carboxylic acids is 1. The summed E-state index contributed by atoms with van der Waals surface area (Å²) in [5.74, 6) is -0.832. The van der Waals surface area contributed by atoms with Crippen molar-refractivity contribution >= 4 is 11.8 Å². The minimum Gasteiger partial charge on any atom is -0.481 e. The summed E-state index contributed by atoms with van der Waals surface area (Å²) in [5.41, 5.74) is 0. The maximum absolute atomic E-state index is 10.8. The third-order valence-electron chi connectivity index (χ3n) is 2.29. The van der Waals surface area contributed by atoms with E-state index in [1.54, 1.807) is 0 Å². The largest absolute Gasteiger partial charge is 0.481 e. The molecule has 0 saturated heterocycles. The molecule has 0 amide bonds. The summed E-state index contributed by atoms with van der Waals surface area (Å²) in [4.78, 5) is 21.4. The van der Waals surface area contributed by atoms with Crippen molar-refractivity contribution < 1.29 is 14.7 Å². The summed E-state index contributed by atoms with van der Waals surface area (Å²) in [6, 6.07) is 0. The first kappa shape index (κ1) is 8.24. The summed E-state index contributed by atoms with van der Waals surface area (Å²) >= 11 is 0. The van der Waals surface area contributed by atoms with E-state index >= 15 is 0 Å². The van der Waals surface area contributed by atoms with Gasteiger partial charge in [0, 0.05) is 12.8 Å². The van der Waals surface area contributed by atoms with Crippen LogP contribution in [-0.4, -0.2) is 16.9 Å². The first-order chi connectivity index (χ1) is 5.11. The number of hydrogen-bond acceptors (Lipinski definition) is 2. The first-order valence-electron chi connectivity index (χ1n) is 3.85. The van der Waals surface area contributed by atoms with Crippen LogP contribution in [0.5, 0.6) is 0 Å². The molecule has 11 heavy (non-hydrogen) atoms. The molecule has 1 N–H and O–H groups in total. The molecule has 1 aliphatic carbocycles. The van der Waals surface area contributed by atoms with Gasteiger partial charge in [0.1, 0.15) is 5.78 Å². The van der Waals surface area contributed by atoms with E-state index in [1.165, 1.54) is 0 Å². The molecule has 62 valence electrons. The van der Waals surface area contributed by atoms with Gasteiger partial charge in [0.2, 0.25) is 0 Å². The maximum Gasteiger partial charge on any atom is 0.306 e. The van der Waals surface area contributed by atoms with E-state index in [9.17, 15) is 9.59 Å². The number of hydrogen-bond donors (Lipinski definition) is 1. The minimum atomic E-state index is -0.759. The molecule has 3 nitrogen and oxygen atoms in total. The molecule has 1 fully saturated rings. The molecule has 1 aliphatic rings. The summed E-state index contributed by atoms with van der Waals surface area (Å²) in [6.07, 6.45) is 1.41. The van der Waals surface area contributed by atoms with E-state index in [2.05, 4.69) is 0 Å². The summed E-state index contributed by atoms with van der Waals surface area (Å²) < 4.78 is 0. The lowest BCUT2D eigenvalue weighted by molar-refractivity contribution is -0.145. The quantitative estimate of drug-likeness (QED) is 0.618. The van der Waals surface area contributed by atoms with Crippen LogP contribution in [0.25, 0.3) is 0 Å². The van der Waals surface area contributed by atoms with Crippen LogP contribution in [0.15, 0.2) is 0 Å². The second kappa shape index (κ2) is 3.03. The molecule has 2 atom stereocenters. The van der Waals surface area contributed by atoms with Crippen molar-refractivity contribution in [2.45, 2.75) is 26.2 Å². The highest BCUT2D eigenvalue weighted by molar-refractivity contribution is 5.82. The Balaban J connectivity index is 2.57. The number of ketones is 1. The second-order valence-corrected chi connectivity index (χ2v) is 3.20. The molecule has 0 radical (unpaired) electrons. The van der Waals surface area contributed by atoms with Crippen molar-refractivity contribution in [1.82, 2.24) is 0 Å². The highest BCUT2D eigenvalue weighted by Crippen LogP contribution is 2.27. The van der Waals surface area contributed by atoms with E-state index in [0.717, 1.165) is 0 Å². The number of carbonyl (C=O) groups is 2. The van der Waals surface area contributed by atoms with Crippen LogP contribution in [0.4, 0.5) is 0 Å². The molecule has 0 bridgehead atoms. The van der Waals surface area contributed by atoms with Crippen LogP contribution < -0.4 is 0 Å². The maximum atomic E-state index is 10.8. The van der Waals surface area contributed by atoms with Gasteiger partial charge in [-0.25, -0.2) is 0 Å². The Morgan fingerprint density at radius 1 is 1.64 bits per heavy atom. The van der Waals surface area contributed by atoms with Gasteiger partial charge in [-0.05, 0) is 12.3 Å². The molecular formula is C8H12O3. The zero-order chi connectivity index (χ0) is 8.43. The van der Waals surface area contributed by atoms with Crippen LogP contribution in [0.3, 0.4) is 0 Å². The van der Waals surface area contributed by atoms with Gasteiger partial charge in [0.05, 0.1) is 5.92 Å². The van der Waals surface area contributed by atoms with E-state index in [-0.39, 0.29) is 17.6 Å². The fraction of sp³-hybridized carbons (Fsp3) is 0.750. The van der Waals surface area contributed by atoms with Crippen molar-refractivity contribution in [1.29, 1.82) is 0 Å². The van der Waals surface area contributed by atoms with Gasteiger partial charge in [-0.2, -0.15) is 0 Å². The van der Waals surface area contributed by atoms with E-state index in [0.29, 0.717) is 19.3 Å². The van der Waals surface area contributed by atoms with Crippen LogP contribution in [0.2, 0.25) is 0 Å². The Morgan fingerprint density at radius 2 is 2.27 bits per heavy atom. The predicted octanol–water partition coefficient (Wildman–Crippen LogP) is 1.08. The molecule has 0 unspecified atom stereocenters. The SMILES string of the molecule is C[C@@H]1CC(=O)CC[C@H]1C(=O)O. The summed E-state index contributed by atoms with van der Waals surface area (Å²) in [5, 5.41) is 8.68. The van der Waals surface area contributed by atoms with Crippen molar-refractivity contribution in [3.63, 3.8) is 0 Å². The van der Waals surface area contributed by atoms with E-state index in [1.807, 2.05) is 6.92 Å². The topological polar surface area (TPSA) is 54.4 Å². The third-order valence-corrected chi connectivity index (χ3v) is 2.29. The molecule has 0 spiro atoms. The lowest BCUT2D eigenvalue weighted by atomic mass is 9.80. The standard InChI is InChI=1S/C8H12O3/c1-5-4-6(9)2-3-7(5)8(10)11/h5,7H,2-4H2,1H3,(H,10,11)/t5-,7-/m1/s1. The third kappa shape index (κ3) is 1.79. The first-order valence-corrected chi connectivity index (χ1v) is 3.85. The van der Waals surface area contributed by atoms with E-state index < -0.39 is 5.97 Å². The molecule has 0 heterocycles. The van der Waals surface area contributed by atoms with Gasteiger partial charge in [0.15, 0.2) is 0 Å². The van der Waals surface area contributed by atoms with Gasteiger partial charge < -0.3 is 5.11 Å². The number of aliphatic carboxylic acids is 1. The van der Waals surface area contributed by atoms with Crippen LogP contribution in [-0.2, 0) is 9.59 Å². The molecule has 0 aromatic heterocycles. The van der Waals surface area contributed by atoms with E-state index in [4.69, 9.17) is 5.11 Å². The Morgan fingerprint density at radius 3 is 2.73 bits per heavy atom. The van der Waals surface area contributed by atoms with Crippen LogP contribution >= 0.6 is 0 Å². The lowest BCUT2D eigenvalue weighted by Crippen LogP contribution is -2.28. The second-order valence-electron chi connectivity index (χ2n) is 3.20. The van der Waals surface area contributed by atoms with Crippen LogP contribution in [0.1, 0.15) is 26.2 Å². The average molecular weight is 156 g/mol. The van der Waals surface area contributed by atoms with Gasteiger partial charge in [0.25, 0.3) is 0 Å². The number of rotatable bonds is 1. The Hall–Kier alpha value is -0.860. The van der Waals surface area contributed by atoms with Crippen molar-refractivity contribution in [2.75, 3.05) is 0 Å². The Labute approximate surface area is 65.4 Å². The fourth-order valence-electron chi connectivity index (χ4n) is 1.57. The normalized spacial score (nSPS) is 31.9. The average Bonchev–Trinajstić information content (AvgIpc) is 1.85. The predicted molar refractivity (Wildman–Crippen MR) is 39.1 cm³/mol.